The molecular weight excluding hydrogens is 264 g/mol. The zero-order chi connectivity index (χ0) is 15.4. The van der Waals surface area contributed by atoms with E-state index in [-0.39, 0.29) is 5.91 Å². The quantitative estimate of drug-likeness (QED) is 0.855. The van der Waals surface area contributed by atoms with Crippen LogP contribution in [-0.4, -0.2) is 47.0 Å². The predicted molar refractivity (Wildman–Crippen MR) is 84.6 cm³/mol. The Kier molecular flexibility index (Phi) is 5.15. The van der Waals surface area contributed by atoms with Crippen molar-refractivity contribution in [2.24, 2.45) is 5.92 Å². The van der Waals surface area contributed by atoms with E-state index in [1.807, 2.05) is 17.9 Å². The highest BCUT2D eigenvalue weighted by atomic mass is 16.2. The third-order valence-corrected chi connectivity index (χ3v) is 4.08. The summed E-state index contributed by atoms with van der Waals surface area (Å²) in [6, 6.07) is 1.83. The van der Waals surface area contributed by atoms with E-state index >= 15 is 0 Å². The molecule has 1 atom stereocenters. The molecule has 116 valence electrons. The maximum absolute atomic E-state index is 12.7. The smallest absolute Gasteiger partial charge is 0.272 e. The highest BCUT2D eigenvalue weighted by Crippen LogP contribution is 2.19. The normalized spacial score (nSPS) is 18.7. The molecule has 2 heterocycles. The summed E-state index contributed by atoms with van der Waals surface area (Å²) >= 11 is 0. The van der Waals surface area contributed by atoms with E-state index in [9.17, 15) is 4.79 Å². The average molecular weight is 290 g/mol. The summed E-state index contributed by atoms with van der Waals surface area (Å²) < 4.78 is 0. The van der Waals surface area contributed by atoms with Gasteiger partial charge < -0.3 is 9.80 Å². The Morgan fingerprint density at radius 1 is 1.38 bits per heavy atom. The first kappa shape index (κ1) is 15.7. The molecule has 0 aliphatic carbocycles. The number of anilines is 1. The highest BCUT2D eigenvalue weighted by molar-refractivity contribution is 5.93. The van der Waals surface area contributed by atoms with Gasteiger partial charge in [-0.3, -0.25) is 4.79 Å². The van der Waals surface area contributed by atoms with E-state index in [1.54, 1.807) is 0 Å². The first-order chi connectivity index (χ1) is 10.0. The number of hydrogen-bond acceptors (Lipinski definition) is 4. The fraction of sp³-hybridized carbons (Fsp3) is 0.688. The predicted octanol–water partition coefficient (Wildman–Crippen LogP) is 2.50. The fourth-order valence-electron chi connectivity index (χ4n) is 2.91. The molecule has 1 fully saturated rings. The van der Waals surface area contributed by atoms with Gasteiger partial charge in [0.25, 0.3) is 5.91 Å². The van der Waals surface area contributed by atoms with Crippen LogP contribution in [0.5, 0.6) is 0 Å². The standard InChI is InChI=1S/C16H26N4O/c1-5-19(6-2)15-10-14(17-13(4)18-15)16(21)20-9-7-8-12(3)11-20/h10,12H,5-9,11H2,1-4H3. The lowest BCUT2D eigenvalue weighted by atomic mass is 10.00. The summed E-state index contributed by atoms with van der Waals surface area (Å²) in [5.41, 5.74) is 0.526. The maximum atomic E-state index is 12.7. The Morgan fingerprint density at radius 3 is 2.71 bits per heavy atom. The molecule has 0 radical (unpaired) electrons. The molecule has 1 aromatic heterocycles. The van der Waals surface area contributed by atoms with Crippen molar-refractivity contribution in [2.75, 3.05) is 31.1 Å². The van der Waals surface area contributed by atoms with E-state index in [0.29, 0.717) is 17.4 Å². The van der Waals surface area contributed by atoms with Gasteiger partial charge in [-0.15, -0.1) is 0 Å². The minimum Gasteiger partial charge on any atom is -0.357 e. The van der Waals surface area contributed by atoms with Gasteiger partial charge >= 0.3 is 0 Å². The summed E-state index contributed by atoms with van der Waals surface area (Å²) in [5, 5.41) is 0. The van der Waals surface area contributed by atoms with Gasteiger partial charge in [0, 0.05) is 32.2 Å². The number of amides is 1. The first-order valence-electron chi connectivity index (χ1n) is 7.95. The van der Waals surface area contributed by atoms with Crippen molar-refractivity contribution in [1.82, 2.24) is 14.9 Å². The number of hydrogen-bond donors (Lipinski definition) is 0. The monoisotopic (exact) mass is 290 g/mol. The van der Waals surface area contributed by atoms with Gasteiger partial charge in [-0.2, -0.15) is 0 Å². The lowest BCUT2D eigenvalue weighted by Crippen LogP contribution is -2.39. The Bertz CT molecular complexity index is 499. The van der Waals surface area contributed by atoms with Gasteiger partial charge in [0.05, 0.1) is 0 Å². The molecule has 1 saturated heterocycles. The number of piperidine rings is 1. The molecule has 0 spiro atoms. The lowest BCUT2D eigenvalue weighted by Gasteiger charge is -2.31. The summed E-state index contributed by atoms with van der Waals surface area (Å²) in [4.78, 5) is 25.6. The van der Waals surface area contributed by atoms with Crippen LogP contribution < -0.4 is 4.90 Å². The topological polar surface area (TPSA) is 49.3 Å². The van der Waals surface area contributed by atoms with E-state index in [4.69, 9.17) is 0 Å². The second-order valence-corrected chi connectivity index (χ2v) is 5.83. The lowest BCUT2D eigenvalue weighted by molar-refractivity contribution is 0.0676. The summed E-state index contributed by atoms with van der Waals surface area (Å²) in [6.07, 6.45) is 2.29. The van der Waals surface area contributed by atoms with Crippen LogP contribution in [0.25, 0.3) is 0 Å². The second kappa shape index (κ2) is 6.87. The number of likely N-dealkylation sites (tertiary alicyclic amines) is 1. The fourth-order valence-corrected chi connectivity index (χ4v) is 2.91. The van der Waals surface area contributed by atoms with Gasteiger partial charge in [-0.1, -0.05) is 6.92 Å². The minimum atomic E-state index is 0.0421. The largest absolute Gasteiger partial charge is 0.357 e. The van der Waals surface area contributed by atoms with E-state index < -0.39 is 0 Å². The van der Waals surface area contributed by atoms with Crippen LogP contribution in [-0.2, 0) is 0 Å². The van der Waals surface area contributed by atoms with E-state index in [0.717, 1.165) is 38.4 Å². The van der Waals surface area contributed by atoms with Crippen LogP contribution in [0.2, 0.25) is 0 Å². The SMILES string of the molecule is CCN(CC)c1cc(C(=O)N2CCCC(C)C2)nc(C)n1. The zero-order valence-electron chi connectivity index (χ0n) is 13.6. The summed E-state index contributed by atoms with van der Waals surface area (Å²) in [7, 11) is 0. The molecule has 21 heavy (non-hydrogen) atoms. The molecule has 0 saturated carbocycles. The van der Waals surface area contributed by atoms with Gasteiger partial charge in [0.2, 0.25) is 0 Å². The van der Waals surface area contributed by atoms with Crippen LogP contribution in [0.15, 0.2) is 6.07 Å². The van der Waals surface area contributed by atoms with Crippen molar-refractivity contribution in [2.45, 2.75) is 40.5 Å². The van der Waals surface area contributed by atoms with Crippen LogP contribution in [0.3, 0.4) is 0 Å². The second-order valence-electron chi connectivity index (χ2n) is 5.83. The summed E-state index contributed by atoms with van der Waals surface area (Å²) in [6.45, 7) is 11.7. The molecule has 1 aliphatic heterocycles. The molecule has 1 unspecified atom stereocenters. The molecular formula is C16H26N4O. The van der Waals surface area contributed by atoms with Crippen LogP contribution in [0.1, 0.15) is 49.9 Å². The summed E-state index contributed by atoms with van der Waals surface area (Å²) in [5.74, 6) is 2.13. The van der Waals surface area contributed by atoms with Crippen LogP contribution >= 0.6 is 0 Å². The molecule has 1 aliphatic rings. The van der Waals surface area contributed by atoms with Gasteiger partial charge in [-0.05, 0) is 39.5 Å². The number of carbonyl (C=O) groups is 1. The Morgan fingerprint density at radius 2 is 2.10 bits per heavy atom. The van der Waals surface area contributed by atoms with Crippen molar-refractivity contribution in [1.29, 1.82) is 0 Å². The van der Waals surface area contributed by atoms with Gasteiger partial charge in [0.15, 0.2) is 0 Å². The van der Waals surface area contributed by atoms with Gasteiger partial charge in [0.1, 0.15) is 17.3 Å². The van der Waals surface area contributed by atoms with Crippen molar-refractivity contribution in [3.8, 4) is 0 Å². The number of nitrogens with zero attached hydrogens (tertiary/aromatic N) is 4. The Hall–Kier alpha value is -1.65. The van der Waals surface area contributed by atoms with Crippen LogP contribution in [0.4, 0.5) is 5.82 Å². The number of aromatic nitrogens is 2. The molecule has 0 aromatic carbocycles. The third kappa shape index (κ3) is 3.71. The third-order valence-electron chi connectivity index (χ3n) is 4.08. The number of rotatable bonds is 4. The Labute approximate surface area is 127 Å². The molecule has 1 amide bonds. The number of aryl methyl sites for hydroxylation is 1. The van der Waals surface area contributed by atoms with E-state index in [1.165, 1.54) is 6.42 Å². The average Bonchev–Trinajstić information content (AvgIpc) is 2.47. The van der Waals surface area contributed by atoms with Crippen LogP contribution in [0, 0.1) is 12.8 Å². The first-order valence-corrected chi connectivity index (χ1v) is 7.95. The highest BCUT2D eigenvalue weighted by Gasteiger charge is 2.24. The van der Waals surface area contributed by atoms with Gasteiger partial charge in [-0.25, -0.2) is 9.97 Å². The molecule has 5 heteroatoms. The molecule has 0 bridgehead atoms. The minimum absolute atomic E-state index is 0.0421. The number of carbonyl (C=O) groups excluding carboxylic acids is 1. The molecule has 5 nitrogen and oxygen atoms in total. The van der Waals surface area contributed by atoms with Crippen molar-refractivity contribution in [3.63, 3.8) is 0 Å². The molecule has 2 rings (SSSR count). The zero-order valence-corrected chi connectivity index (χ0v) is 13.6. The van der Waals surface area contributed by atoms with Crippen molar-refractivity contribution < 1.29 is 4.79 Å². The van der Waals surface area contributed by atoms with Crippen molar-refractivity contribution >= 4 is 11.7 Å². The molecule has 1 aromatic rings. The van der Waals surface area contributed by atoms with E-state index in [2.05, 4.69) is 35.6 Å². The Balaban J connectivity index is 2.24. The molecule has 0 N–H and O–H groups in total. The maximum Gasteiger partial charge on any atom is 0.272 e. The van der Waals surface area contributed by atoms with Crippen molar-refractivity contribution in [3.05, 3.63) is 17.6 Å².